The molecule has 0 saturated heterocycles. The van der Waals surface area contributed by atoms with Gasteiger partial charge in [-0.2, -0.15) is 0 Å². The Morgan fingerprint density at radius 2 is 1.89 bits per heavy atom. The van der Waals surface area contributed by atoms with Gasteiger partial charge in [0.1, 0.15) is 23.1 Å². The number of hydrogen-bond acceptors (Lipinski definition) is 5. The molecule has 0 spiro atoms. The first-order valence-corrected chi connectivity index (χ1v) is 9.26. The largest absolute Gasteiger partial charge is 0.492 e. The van der Waals surface area contributed by atoms with Gasteiger partial charge in [0.25, 0.3) is 5.91 Å². The summed E-state index contributed by atoms with van der Waals surface area (Å²) in [4.78, 5) is 21.2. The van der Waals surface area contributed by atoms with Crippen LogP contribution in [0.1, 0.15) is 28.8 Å². The van der Waals surface area contributed by atoms with Gasteiger partial charge in [-0.05, 0) is 50.6 Å². The molecule has 0 atom stereocenters. The van der Waals surface area contributed by atoms with Crippen molar-refractivity contribution in [1.29, 1.82) is 0 Å². The van der Waals surface area contributed by atoms with Crippen LogP contribution in [0.15, 0.2) is 48.5 Å². The number of aryl methyl sites for hydroxylation is 2. The third-order valence-corrected chi connectivity index (χ3v) is 4.36. The van der Waals surface area contributed by atoms with Crippen molar-refractivity contribution in [3.05, 3.63) is 70.6 Å². The summed E-state index contributed by atoms with van der Waals surface area (Å²) in [6.45, 7) is 6.11. The maximum Gasteiger partial charge on any atom is 0.274 e. The lowest BCUT2D eigenvalue weighted by atomic mass is 10.2. The van der Waals surface area contributed by atoms with Crippen LogP contribution in [0.5, 0.6) is 5.75 Å². The van der Waals surface area contributed by atoms with Crippen molar-refractivity contribution in [2.75, 3.05) is 17.2 Å². The predicted octanol–water partition coefficient (Wildman–Crippen LogP) is 5.14. The van der Waals surface area contributed by atoms with E-state index >= 15 is 0 Å². The van der Waals surface area contributed by atoms with E-state index in [4.69, 9.17) is 16.3 Å². The third kappa shape index (κ3) is 4.78. The minimum Gasteiger partial charge on any atom is -0.492 e. The zero-order valence-corrected chi connectivity index (χ0v) is 16.7. The van der Waals surface area contributed by atoms with Gasteiger partial charge in [-0.15, -0.1) is 0 Å². The molecule has 0 saturated carbocycles. The first-order chi connectivity index (χ1) is 13.5. The van der Waals surface area contributed by atoms with Gasteiger partial charge in [-0.3, -0.25) is 4.79 Å². The van der Waals surface area contributed by atoms with Crippen molar-refractivity contribution < 1.29 is 9.53 Å². The number of anilines is 3. The zero-order chi connectivity index (χ0) is 20.1. The number of carbonyl (C=O) groups excluding carboxylic acids is 1. The van der Waals surface area contributed by atoms with Crippen LogP contribution < -0.4 is 15.4 Å². The Labute approximate surface area is 168 Å². The van der Waals surface area contributed by atoms with E-state index in [9.17, 15) is 4.79 Å². The number of carbonyl (C=O) groups is 1. The van der Waals surface area contributed by atoms with E-state index in [-0.39, 0.29) is 11.6 Å². The minimum atomic E-state index is -0.341. The van der Waals surface area contributed by atoms with Gasteiger partial charge in [-0.1, -0.05) is 29.8 Å². The third-order valence-electron chi connectivity index (χ3n) is 3.95. The van der Waals surface area contributed by atoms with Crippen molar-refractivity contribution in [2.24, 2.45) is 0 Å². The van der Waals surface area contributed by atoms with E-state index in [2.05, 4.69) is 20.6 Å². The van der Waals surface area contributed by atoms with Crippen LogP contribution in [-0.2, 0) is 0 Å². The molecule has 0 aliphatic carbocycles. The van der Waals surface area contributed by atoms with Crippen LogP contribution in [0.4, 0.5) is 17.2 Å². The second kappa shape index (κ2) is 8.71. The molecule has 3 rings (SSSR count). The van der Waals surface area contributed by atoms with Crippen LogP contribution in [0.25, 0.3) is 0 Å². The average Bonchev–Trinajstić information content (AvgIpc) is 2.66. The lowest BCUT2D eigenvalue weighted by Gasteiger charge is -2.13. The van der Waals surface area contributed by atoms with E-state index in [1.807, 2.05) is 44.2 Å². The second-order valence-electron chi connectivity index (χ2n) is 6.16. The van der Waals surface area contributed by atoms with E-state index < -0.39 is 0 Å². The predicted molar refractivity (Wildman–Crippen MR) is 112 cm³/mol. The van der Waals surface area contributed by atoms with Crippen molar-refractivity contribution in [3.63, 3.8) is 0 Å². The summed E-state index contributed by atoms with van der Waals surface area (Å²) in [5.74, 6) is 1.35. The zero-order valence-electron chi connectivity index (χ0n) is 15.9. The highest BCUT2D eigenvalue weighted by molar-refractivity contribution is 6.31. The lowest BCUT2D eigenvalue weighted by molar-refractivity contribution is 0.102. The maximum absolute atomic E-state index is 12.6. The molecule has 6 nitrogen and oxygen atoms in total. The highest BCUT2D eigenvalue weighted by Gasteiger charge is 2.13. The fraction of sp³-hybridized carbons (Fsp3) is 0.190. The Hall–Kier alpha value is -3.12. The second-order valence-corrected chi connectivity index (χ2v) is 6.57. The first-order valence-electron chi connectivity index (χ1n) is 8.88. The average molecular weight is 397 g/mol. The smallest absolute Gasteiger partial charge is 0.274 e. The molecule has 28 heavy (non-hydrogen) atoms. The summed E-state index contributed by atoms with van der Waals surface area (Å²) in [7, 11) is 0. The quantitative estimate of drug-likeness (QED) is 0.603. The van der Waals surface area contributed by atoms with Gasteiger partial charge < -0.3 is 15.4 Å². The van der Waals surface area contributed by atoms with Gasteiger partial charge in [0.15, 0.2) is 0 Å². The number of aromatic nitrogens is 2. The highest BCUT2D eigenvalue weighted by atomic mass is 35.5. The van der Waals surface area contributed by atoms with Gasteiger partial charge >= 0.3 is 0 Å². The molecule has 0 radical (unpaired) electrons. The number of para-hydroxylation sites is 2. The molecule has 0 aliphatic rings. The summed E-state index contributed by atoms with van der Waals surface area (Å²) >= 11 is 6.13. The molecule has 0 fully saturated rings. The van der Waals surface area contributed by atoms with Crippen LogP contribution in [-0.4, -0.2) is 22.5 Å². The fourth-order valence-electron chi connectivity index (χ4n) is 2.60. The normalized spacial score (nSPS) is 10.4. The highest BCUT2D eigenvalue weighted by Crippen LogP contribution is 2.27. The number of amides is 1. The van der Waals surface area contributed by atoms with E-state index in [1.165, 1.54) is 0 Å². The molecule has 0 bridgehead atoms. The summed E-state index contributed by atoms with van der Waals surface area (Å²) in [6, 6.07) is 14.5. The van der Waals surface area contributed by atoms with Crippen LogP contribution in [0.2, 0.25) is 5.02 Å². The molecule has 2 N–H and O–H groups in total. The molecule has 1 heterocycles. The van der Waals surface area contributed by atoms with Gasteiger partial charge in [0, 0.05) is 16.8 Å². The molecule has 1 aromatic heterocycles. The number of hydrogen-bond donors (Lipinski definition) is 2. The Balaban J connectivity index is 1.83. The molecule has 0 aliphatic heterocycles. The Bertz CT molecular complexity index is 1010. The van der Waals surface area contributed by atoms with Crippen LogP contribution in [0.3, 0.4) is 0 Å². The van der Waals surface area contributed by atoms with Crippen LogP contribution >= 0.6 is 11.6 Å². The van der Waals surface area contributed by atoms with Gasteiger partial charge in [0.2, 0.25) is 0 Å². The van der Waals surface area contributed by atoms with E-state index in [0.29, 0.717) is 34.7 Å². The van der Waals surface area contributed by atoms with Gasteiger partial charge in [0.05, 0.1) is 12.3 Å². The minimum absolute atomic E-state index is 0.251. The van der Waals surface area contributed by atoms with Gasteiger partial charge in [-0.25, -0.2) is 9.97 Å². The van der Waals surface area contributed by atoms with Crippen molar-refractivity contribution in [3.8, 4) is 5.75 Å². The van der Waals surface area contributed by atoms with Crippen molar-refractivity contribution in [1.82, 2.24) is 9.97 Å². The first kappa shape index (κ1) is 19.6. The number of halogens is 1. The summed E-state index contributed by atoms with van der Waals surface area (Å²) in [5, 5.41) is 6.60. The Kier molecular flexibility index (Phi) is 6.11. The van der Waals surface area contributed by atoms with E-state index in [0.717, 1.165) is 11.3 Å². The van der Waals surface area contributed by atoms with E-state index in [1.54, 1.807) is 25.1 Å². The SMILES string of the molecule is CCOc1ccccc1Nc1cc(C(=O)Nc2ccc(C)c(Cl)c2)nc(C)n1. The van der Waals surface area contributed by atoms with Crippen molar-refractivity contribution in [2.45, 2.75) is 20.8 Å². The number of ether oxygens (including phenoxy) is 1. The standard InChI is InChI=1S/C21H21ClN4O2/c1-4-28-19-8-6-5-7-17(19)26-20-12-18(23-14(3)24-20)21(27)25-15-10-9-13(2)16(22)11-15/h5-12H,4H2,1-3H3,(H,25,27)(H,23,24,26). The monoisotopic (exact) mass is 396 g/mol. The molecule has 3 aromatic rings. The maximum atomic E-state index is 12.6. The number of nitrogens with one attached hydrogen (secondary N) is 2. The molecule has 0 unspecified atom stereocenters. The summed E-state index contributed by atoms with van der Waals surface area (Å²) in [5.41, 5.74) is 2.56. The van der Waals surface area contributed by atoms with Crippen LogP contribution in [0, 0.1) is 13.8 Å². The molecular weight excluding hydrogens is 376 g/mol. The topological polar surface area (TPSA) is 76.1 Å². The number of rotatable bonds is 6. The molecule has 2 aromatic carbocycles. The number of nitrogens with zero attached hydrogens (tertiary/aromatic N) is 2. The fourth-order valence-corrected chi connectivity index (χ4v) is 2.78. The molecule has 1 amide bonds. The summed E-state index contributed by atoms with van der Waals surface area (Å²) < 4.78 is 5.62. The number of benzene rings is 2. The van der Waals surface area contributed by atoms with Crippen molar-refractivity contribution >= 4 is 34.7 Å². The summed E-state index contributed by atoms with van der Waals surface area (Å²) in [6.07, 6.45) is 0. The Morgan fingerprint density at radius 1 is 1.11 bits per heavy atom. The molecule has 7 heteroatoms. The molecular formula is C21H21ClN4O2. The molecule has 144 valence electrons. The Morgan fingerprint density at radius 3 is 2.64 bits per heavy atom. The lowest BCUT2D eigenvalue weighted by Crippen LogP contribution is -2.15.